The molecule has 4 heteroatoms. The van der Waals surface area contributed by atoms with Crippen molar-refractivity contribution in [2.24, 2.45) is 17.6 Å². The van der Waals surface area contributed by atoms with Crippen molar-refractivity contribution in [3.05, 3.63) is 0 Å². The van der Waals surface area contributed by atoms with E-state index in [1.807, 2.05) is 7.05 Å². The van der Waals surface area contributed by atoms with Gasteiger partial charge in [0.05, 0.1) is 0 Å². The quantitative estimate of drug-likeness (QED) is 0.683. The number of likely N-dealkylation sites (N-methyl/N-ethyl adjacent to an activating group) is 2. The van der Waals surface area contributed by atoms with Gasteiger partial charge in [-0.1, -0.05) is 0 Å². The number of carbonyl (C=O) groups excluding carboxylic acids is 1. The van der Waals surface area contributed by atoms with Gasteiger partial charge in [-0.2, -0.15) is 0 Å². The number of carbonyl (C=O) groups is 1. The van der Waals surface area contributed by atoms with Crippen molar-refractivity contribution in [1.29, 1.82) is 0 Å². The monoisotopic (exact) mass is 239 g/mol. The summed E-state index contributed by atoms with van der Waals surface area (Å²) in [6.45, 7) is 2.99. The lowest BCUT2D eigenvalue weighted by atomic mass is 9.91. The number of rotatable bonds is 7. The number of nitrogens with zero attached hydrogens (tertiary/aromatic N) is 1. The fourth-order valence-electron chi connectivity index (χ4n) is 2.87. The van der Waals surface area contributed by atoms with Crippen molar-refractivity contribution in [2.75, 3.05) is 20.6 Å². The van der Waals surface area contributed by atoms with E-state index in [4.69, 9.17) is 5.73 Å². The van der Waals surface area contributed by atoms with Gasteiger partial charge in [0.1, 0.15) is 5.54 Å². The fraction of sp³-hybridized carbons (Fsp3) is 0.923. The summed E-state index contributed by atoms with van der Waals surface area (Å²) in [6, 6.07) is 0.556. The predicted octanol–water partition coefficient (Wildman–Crippen LogP) is 0.570. The molecule has 2 saturated carbocycles. The van der Waals surface area contributed by atoms with Gasteiger partial charge in [0.2, 0.25) is 5.91 Å². The zero-order valence-electron chi connectivity index (χ0n) is 11.2. The number of nitrogens with one attached hydrogen (secondary N) is 1. The molecule has 98 valence electrons. The Morgan fingerprint density at radius 3 is 2.41 bits per heavy atom. The fourth-order valence-corrected chi connectivity index (χ4v) is 2.87. The van der Waals surface area contributed by atoms with Crippen LogP contribution in [0.2, 0.25) is 0 Å². The molecule has 2 rings (SSSR count). The second-order valence-corrected chi connectivity index (χ2v) is 5.85. The summed E-state index contributed by atoms with van der Waals surface area (Å²) in [5.74, 6) is 1.05. The highest BCUT2D eigenvalue weighted by Crippen LogP contribution is 2.41. The average Bonchev–Trinajstić information content (AvgIpc) is 3.16. The molecule has 0 spiro atoms. The number of hydrogen-bond acceptors (Lipinski definition) is 3. The Morgan fingerprint density at radius 1 is 1.47 bits per heavy atom. The molecule has 17 heavy (non-hydrogen) atoms. The van der Waals surface area contributed by atoms with Crippen LogP contribution in [0.25, 0.3) is 0 Å². The average molecular weight is 239 g/mol. The minimum Gasteiger partial charge on any atom is -0.368 e. The van der Waals surface area contributed by atoms with E-state index >= 15 is 0 Å². The van der Waals surface area contributed by atoms with Gasteiger partial charge in [-0.3, -0.25) is 4.79 Å². The van der Waals surface area contributed by atoms with E-state index in [9.17, 15) is 4.79 Å². The Bertz CT molecular complexity index is 299. The van der Waals surface area contributed by atoms with E-state index in [-0.39, 0.29) is 5.91 Å². The van der Waals surface area contributed by atoms with Crippen LogP contribution in [-0.4, -0.2) is 43.0 Å². The third kappa shape index (κ3) is 2.47. The molecule has 0 aromatic heterocycles. The first-order chi connectivity index (χ1) is 8.01. The number of amides is 1. The summed E-state index contributed by atoms with van der Waals surface area (Å²) >= 11 is 0. The third-order valence-electron chi connectivity index (χ3n) is 4.66. The van der Waals surface area contributed by atoms with Crippen LogP contribution < -0.4 is 11.1 Å². The van der Waals surface area contributed by atoms with Crippen LogP contribution in [0.4, 0.5) is 0 Å². The Morgan fingerprint density at radius 2 is 2.06 bits per heavy atom. The zero-order valence-corrected chi connectivity index (χ0v) is 11.2. The number of nitrogens with two attached hydrogens (primary N) is 1. The van der Waals surface area contributed by atoms with Gasteiger partial charge in [0.25, 0.3) is 0 Å². The number of hydrogen-bond donors (Lipinski definition) is 2. The molecule has 1 amide bonds. The van der Waals surface area contributed by atoms with Gasteiger partial charge in [-0.15, -0.1) is 0 Å². The first kappa shape index (κ1) is 12.8. The van der Waals surface area contributed by atoms with Gasteiger partial charge >= 0.3 is 0 Å². The lowest BCUT2D eigenvalue weighted by molar-refractivity contribution is -0.126. The SMILES string of the molecule is CNC(CN(C)C(C)C1CC1)(C(N)=O)C1CC1. The Labute approximate surface area is 104 Å². The molecular weight excluding hydrogens is 214 g/mol. The smallest absolute Gasteiger partial charge is 0.239 e. The maximum Gasteiger partial charge on any atom is 0.239 e. The van der Waals surface area contributed by atoms with Crippen molar-refractivity contribution >= 4 is 5.91 Å². The largest absolute Gasteiger partial charge is 0.368 e. The van der Waals surface area contributed by atoms with Crippen LogP contribution in [-0.2, 0) is 4.79 Å². The molecule has 2 fully saturated rings. The van der Waals surface area contributed by atoms with Crippen molar-refractivity contribution in [3.8, 4) is 0 Å². The van der Waals surface area contributed by atoms with E-state index in [0.717, 1.165) is 25.3 Å². The topological polar surface area (TPSA) is 58.4 Å². The van der Waals surface area contributed by atoms with E-state index < -0.39 is 5.54 Å². The molecule has 2 aliphatic rings. The van der Waals surface area contributed by atoms with Crippen LogP contribution in [0.3, 0.4) is 0 Å². The van der Waals surface area contributed by atoms with E-state index in [0.29, 0.717) is 12.0 Å². The molecule has 0 aromatic rings. The van der Waals surface area contributed by atoms with Gasteiger partial charge in [0.15, 0.2) is 0 Å². The van der Waals surface area contributed by atoms with E-state index in [2.05, 4.69) is 24.2 Å². The van der Waals surface area contributed by atoms with E-state index in [1.54, 1.807) is 0 Å². The summed E-state index contributed by atoms with van der Waals surface area (Å²) < 4.78 is 0. The van der Waals surface area contributed by atoms with E-state index in [1.165, 1.54) is 12.8 Å². The first-order valence-electron chi connectivity index (χ1n) is 6.70. The summed E-state index contributed by atoms with van der Waals surface area (Å²) in [7, 11) is 3.97. The van der Waals surface area contributed by atoms with Crippen molar-refractivity contribution in [3.63, 3.8) is 0 Å². The molecule has 0 aromatic carbocycles. The molecule has 0 radical (unpaired) electrons. The summed E-state index contributed by atoms with van der Waals surface area (Å²) in [5.41, 5.74) is 5.12. The Kier molecular flexibility index (Phi) is 3.46. The van der Waals surface area contributed by atoms with Crippen LogP contribution in [0.5, 0.6) is 0 Å². The normalized spacial score (nSPS) is 25.6. The molecule has 0 aliphatic heterocycles. The van der Waals surface area contributed by atoms with Gasteiger partial charge < -0.3 is 16.0 Å². The second-order valence-electron chi connectivity index (χ2n) is 5.85. The van der Waals surface area contributed by atoms with Crippen LogP contribution in [0.1, 0.15) is 32.6 Å². The zero-order chi connectivity index (χ0) is 12.6. The first-order valence-corrected chi connectivity index (χ1v) is 6.70. The van der Waals surface area contributed by atoms with Crippen LogP contribution >= 0.6 is 0 Å². The maximum absolute atomic E-state index is 11.8. The highest BCUT2D eigenvalue weighted by Gasteiger charge is 2.50. The highest BCUT2D eigenvalue weighted by atomic mass is 16.1. The van der Waals surface area contributed by atoms with Crippen molar-refractivity contribution < 1.29 is 4.79 Å². The summed E-state index contributed by atoms with van der Waals surface area (Å²) in [4.78, 5) is 14.1. The summed E-state index contributed by atoms with van der Waals surface area (Å²) in [6.07, 6.45) is 4.90. The molecule has 0 heterocycles. The molecule has 3 N–H and O–H groups in total. The second kappa shape index (κ2) is 4.58. The minimum atomic E-state index is -0.516. The van der Waals surface area contributed by atoms with Gasteiger partial charge in [-0.25, -0.2) is 0 Å². The highest BCUT2D eigenvalue weighted by molar-refractivity contribution is 5.86. The Hall–Kier alpha value is -0.610. The maximum atomic E-state index is 11.8. The Balaban J connectivity index is 2.03. The molecule has 2 unspecified atom stereocenters. The molecule has 0 bridgehead atoms. The van der Waals surface area contributed by atoms with Crippen molar-refractivity contribution in [1.82, 2.24) is 10.2 Å². The lowest BCUT2D eigenvalue weighted by Gasteiger charge is -2.37. The molecule has 2 atom stereocenters. The van der Waals surface area contributed by atoms with Gasteiger partial charge in [-0.05, 0) is 58.5 Å². The molecular formula is C13H25N3O. The van der Waals surface area contributed by atoms with Crippen LogP contribution in [0.15, 0.2) is 0 Å². The molecule has 2 aliphatic carbocycles. The van der Waals surface area contributed by atoms with Crippen LogP contribution in [0, 0.1) is 11.8 Å². The van der Waals surface area contributed by atoms with Gasteiger partial charge in [0, 0.05) is 12.6 Å². The standard InChI is InChI=1S/C13H25N3O/c1-9(10-4-5-10)16(3)8-13(15-2,12(14)17)11-6-7-11/h9-11,15H,4-8H2,1-3H3,(H2,14,17). The lowest BCUT2D eigenvalue weighted by Crippen LogP contribution is -2.62. The molecule has 0 saturated heterocycles. The van der Waals surface area contributed by atoms with Crippen molar-refractivity contribution in [2.45, 2.75) is 44.2 Å². The third-order valence-corrected chi connectivity index (χ3v) is 4.66. The minimum absolute atomic E-state index is 0.197. The number of primary amides is 1. The molecule has 4 nitrogen and oxygen atoms in total. The predicted molar refractivity (Wildman–Crippen MR) is 68.5 cm³/mol. The summed E-state index contributed by atoms with van der Waals surface area (Å²) in [5, 5.41) is 3.21.